The molecule has 68 heavy (non-hydrogen) atoms. The lowest BCUT2D eigenvalue weighted by Gasteiger charge is -2.34. The minimum Gasteiger partial charge on any atom is -0.310 e. The smallest absolute Gasteiger partial charge is 0.0714 e. The van der Waals surface area contributed by atoms with Gasteiger partial charge in [-0.15, -0.1) is 0 Å². The van der Waals surface area contributed by atoms with E-state index in [0.717, 1.165) is 17.1 Å². The molecule has 1 heteroatoms. The van der Waals surface area contributed by atoms with Crippen molar-refractivity contribution in [2.75, 3.05) is 4.90 Å². The second-order valence-corrected chi connectivity index (χ2v) is 18.4. The molecule has 0 aliphatic heterocycles. The third-order valence-corrected chi connectivity index (χ3v) is 14.8. The van der Waals surface area contributed by atoms with Crippen molar-refractivity contribution >= 4 is 81.7 Å². The highest BCUT2D eigenvalue weighted by Crippen LogP contribution is 2.57. The summed E-state index contributed by atoms with van der Waals surface area (Å²) in [4.78, 5) is 2.39. The van der Waals surface area contributed by atoms with Gasteiger partial charge in [-0.05, 0) is 158 Å². The van der Waals surface area contributed by atoms with Crippen LogP contribution in [0.1, 0.15) is 22.3 Å². The van der Waals surface area contributed by atoms with E-state index in [0.29, 0.717) is 0 Å². The van der Waals surface area contributed by atoms with Gasteiger partial charge in [0, 0.05) is 17.1 Å². The molecule has 0 aromatic heterocycles. The number of anilines is 3. The van der Waals surface area contributed by atoms with Crippen LogP contribution >= 0.6 is 0 Å². The summed E-state index contributed by atoms with van der Waals surface area (Å²) in [5.41, 5.74) is 13.0. The number of nitrogens with zero attached hydrogens (tertiary/aromatic N) is 1. The molecule has 14 rings (SSSR count). The van der Waals surface area contributed by atoms with E-state index in [1.54, 1.807) is 0 Å². The first kappa shape index (κ1) is 38.5. The van der Waals surface area contributed by atoms with Crippen molar-refractivity contribution in [1.29, 1.82) is 0 Å². The van der Waals surface area contributed by atoms with Gasteiger partial charge >= 0.3 is 0 Å². The summed E-state index contributed by atoms with van der Waals surface area (Å²) in [6.45, 7) is 0. The normalized spacial score (nSPS) is 12.8. The van der Waals surface area contributed by atoms with Crippen LogP contribution in [-0.2, 0) is 5.41 Å². The topological polar surface area (TPSA) is 3.24 Å². The van der Waals surface area contributed by atoms with Gasteiger partial charge in [0.25, 0.3) is 0 Å². The van der Waals surface area contributed by atoms with E-state index >= 15 is 0 Å². The van der Waals surface area contributed by atoms with Crippen molar-refractivity contribution < 1.29 is 0 Å². The molecular weight excluding hydrogens is 819 g/mol. The van der Waals surface area contributed by atoms with Crippen LogP contribution in [0.2, 0.25) is 0 Å². The molecule has 1 nitrogen and oxygen atoms in total. The van der Waals surface area contributed by atoms with Crippen LogP contribution in [0, 0.1) is 0 Å². The van der Waals surface area contributed by atoms with Crippen LogP contribution in [0.25, 0.3) is 86.9 Å². The lowest BCUT2D eigenvalue weighted by atomic mass is 9.67. The lowest BCUT2D eigenvalue weighted by molar-refractivity contribution is 0.772. The zero-order valence-corrected chi connectivity index (χ0v) is 37.3. The Bertz CT molecular complexity index is 3960. The summed E-state index contributed by atoms with van der Waals surface area (Å²) in [5.74, 6) is 0. The van der Waals surface area contributed by atoms with Crippen LogP contribution in [0.5, 0.6) is 0 Å². The van der Waals surface area contributed by atoms with Gasteiger partial charge in [-0.2, -0.15) is 0 Å². The Morgan fingerprint density at radius 2 is 0.676 bits per heavy atom. The fourth-order valence-corrected chi connectivity index (χ4v) is 11.9. The largest absolute Gasteiger partial charge is 0.310 e. The van der Waals surface area contributed by atoms with E-state index in [-0.39, 0.29) is 0 Å². The Balaban J connectivity index is 0.976. The number of rotatable bonds is 7. The van der Waals surface area contributed by atoms with Crippen LogP contribution in [0.15, 0.2) is 261 Å². The van der Waals surface area contributed by atoms with Crippen molar-refractivity contribution in [2.45, 2.75) is 5.41 Å². The monoisotopic (exact) mass is 861 g/mol. The van der Waals surface area contributed by atoms with E-state index in [1.165, 1.54) is 109 Å². The number of benzene rings is 13. The summed E-state index contributed by atoms with van der Waals surface area (Å²) < 4.78 is 0. The third-order valence-electron chi connectivity index (χ3n) is 14.8. The van der Waals surface area contributed by atoms with Gasteiger partial charge < -0.3 is 4.90 Å². The Morgan fingerprint density at radius 3 is 1.24 bits per heavy atom. The van der Waals surface area contributed by atoms with Crippen molar-refractivity contribution in [3.8, 4) is 22.3 Å². The molecule has 0 saturated heterocycles. The van der Waals surface area contributed by atoms with Gasteiger partial charge in [-0.1, -0.05) is 212 Å². The molecule has 0 fully saturated rings. The molecule has 0 atom stereocenters. The summed E-state index contributed by atoms with van der Waals surface area (Å²) in [6, 6.07) is 97.1. The average Bonchev–Trinajstić information content (AvgIpc) is 3.72. The molecule has 0 heterocycles. The van der Waals surface area contributed by atoms with Gasteiger partial charge in [0.1, 0.15) is 0 Å². The molecule has 0 spiro atoms. The predicted octanol–water partition coefficient (Wildman–Crippen LogP) is 18.1. The van der Waals surface area contributed by atoms with Gasteiger partial charge in [0.15, 0.2) is 0 Å². The highest BCUT2D eigenvalue weighted by Gasteiger charge is 2.45. The predicted molar refractivity (Wildman–Crippen MR) is 289 cm³/mol. The summed E-state index contributed by atoms with van der Waals surface area (Å²) in [5, 5.41) is 15.1. The number of hydrogen-bond donors (Lipinski definition) is 0. The average molecular weight is 862 g/mol. The zero-order chi connectivity index (χ0) is 44.8. The molecule has 1 aliphatic rings. The van der Waals surface area contributed by atoms with Gasteiger partial charge in [-0.25, -0.2) is 0 Å². The van der Waals surface area contributed by atoms with Crippen LogP contribution in [0.3, 0.4) is 0 Å². The Labute approximate surface area is 395 Å². The molecule has 13 aromatic rings. The molecule has 0 amide bonds. The first-order valence-electron chi connectivity index (χ1n) is 23.7. The Morgan fingerprint density at radius 1 is 0.250 bits per heavy atom. The SMILES string of the molecule is c1ccc(C2(c3ccccc3)c3cccc4ccc5cc(-c6c7ccccc7c(-c7ccc(N(c8ccc9ccccc9c8)c8ccc9ccccc9c8)cc7)c7ccccc67)cc2c5c34)cc1. The maximum absolute atomic E-state index is 2.54. The number of hydrogen-bond acceptors (Lipinski definition) is 1. The van der Waals surface area contributed by atoms with Gasteiger partial charge in [-0.3, -0.25) is 0 Å². The molecular formula is C67H43N. The fraction of sp³-hybridized carbons (Fsp3) is 0.0149. The van der Waals surface area contributed by atoms with Crippen molar-refractivity contribution in [3.63, 3.8) is 0 Å². The zero-order valence-electron chi connectivity index (χ0n) is 37.3. The highest BCUT2D eigenvalue weighted by atomic mass is 15.1. The highest BCUT2D eigenvalue weighted by molar-refractivity contribution is 6.23. The van der Waals surface area contributed by atoms with Gasteiger partial charge in [0.05, 0.1) is 5.41 Å². The summed E-state index contributed by atoms with van der Waals surface area (Å²) in [7, 11) is 0. The lowest BCUT2D eigenvalue weighted by Crippen LogP contribution is -2.28. The van der Waals surface area contributed by atoms with E-state index in [1.807, 2.05) is 0 Å². The van der Waals surface area contributed by atoms with Gasteiger partial charge in [0.2, 0.25) is 0 Å². The maximum Gasteiger partial charge on any atom is 0.0714 e. The molecule has 0 bridgehead atoms. The second kappa shape index (κ2) is 15.1. The van der Waals surface area contributed by atoms with Crippen LogP contribution < -0.4 is 4.90 Å². The molecule has 316 valence electrons. The number of fused-ring (bicyclic) bond motifs is 4. The van der Waals surface area contributed by atoms with E-state index < -0.39 is 5.41 Å². The van der Waals surface area contributed by atoms with Crippen LogP contribution in [0.4, 0.5) is 17.1 Å². The molecule has 0 saturated carbocycles. The third kappa shape index (κ3) is 5.69. The quantitative estimate of drug-likeness (QED) is 0.114. The Kier molecular flexibility index (Phi) is 8.57. The maximum atomic E-state index is 2.54. The van der Waals surface area contributed by atoms with Crippen molar-refractivity contribution in [3.05, 3.63) is 283 Å². The minimum absolute atomic E-state index is 0.499. The first-order chi connectivity index (χ1) is 33.7. The molecule has 1 aliphatic carbocycles. The first-order valence-corrected chi connectivity index (χ1v) is 23.7. The minimum atomic E-state index is -0.499. The fourth-order valence-electron chi connectivity index (χ4n) is 11.9. The molecule has 0 unspecified atom stereocenters. The standard InChI is InChI=1S/C67H43N/c1-3-21-52(22-4-1)67(53-23-5-2-6-24-53)61-29-15-20-46-30-31-50-40-51(43-62(67)66(50)65(46)61)64-59-27-13-11-25-57(59)63(58-26-12-14-28-60(58)64)47-34-36-54(37-35-47)68(55-38-32-44-16-7-9-18-48(44)41-55)56-39-33-45-17-8-10-19-49(45)42-56/h1-43H. The molecule has 0 N–H and O–H groups in total. The van der Waals surface area contributed by atoms with E-state index in [4.69, 9.17) is 0 Å². The van der Waals surface area contributed by atoms with Crippen molar-refractivity contribution in [2.24, 2.45) is 0 Å². The van der Waals surface area contributed by atoms with E-state index in [2.05, 4.69) is 266 Å². The Hall–Kier alpha value is -8.78. The van der Waals surface area contributed by atoms with Crippen LogP contribution in [-0.4, -0.2) is 0 Å². The summed E-state index contributed by atoms with van der Waals surface area (Å²) in [6.07, 6.45) is 0. The van der Waals surface area contributed by atoms with Crippen molar-refractivity contribution in [1.82, 2.24) is 0 Å². The summed E-state index contributed by atoms with van der Waals surface area (Å²) >= 11 is 0. The second-order valence-electron chi connectivity index (χ2n) is 18.4. The molecule has 0 radical (unpaired) electrons. The molecule has 13 aromatic carbocycles. The van der Waals surface area contributed by atoms with E-state index in [9.17, 15) is 0 Å².